The van der Waals surface area contributed by atoms with E-state index in [0.29, 0.717) is 6.07 Å². The van der Waals surface area contributed by atoms with Crippen molar-refractivity contribution in [3.05, 3.63) is 28.5 Å². The first-order valence-electron chi connectivity index (χ1n) is 4.26. The minimum atomic E-state index is -4.73. The molecule has 8 heteroatoms. The van der Waals surface area contributed by atoms with Crippen molar-refractivity contribution in [1.82, 2.24) is 4.98 Å². The molecule has 0 saturated heterocycles. The maximum atomic E-state index is 12.4. The minimum Gasteiger partial charge on any atom is -0.385 e. The predicted octanol–water partition coefficient (Wildman–Crippen LogP) is 1.67. The second kappa shape index (κ2) is 4.87. The second-order valence-corrected chi connectivity index (χ2v) is 3.51. The van der Waals surface area contributed by atoms with Crippen molar-refractivity contribution in [2.45, 2.75) is 18.4 Å². The van der Waals surface area contributed by atoms with Gasteiger partial charge in [0, 0.05) is 0 Å². The Hall–Kier alpha value is -1.36. The smallest absolute Gasteiger partial charge is 0.385 e. The molecule has 0 amide bonds. The summed E-state index contributed by atoms with van der Waals surface area (Å²) >= 11 is 5.36. The molecule has 92 valence electrons. The average Bonchev–Trinajstić information content (AvgIpc) is 2.25. The maximum Gasteiger partial charge on any atom is 0.433 e. The highest BCUT2D eigenvalue weighted by Crippen LogP contribution is 2.31. The van der Waals surface area contributed by atoms with E-state index in [-0.39, 0.29) is 5.56 Å². The van der Waals surface area contributed by atoms with Gasteiger partial charge in [-0.2, -0.15) is 18.4 Å². The molecule has 1 aromatic heterocycles. The minimum absolute atomic E-state index is 0.327. The van der Waals surface area contributed by atoms with Crippen LogP contribution < -0.4 is 0 Å². The number of aliphatic hydroxyl groups excluding tert-OH is 2. The number of aliphatic hydroxyl groups is 2. The lowest BCUT2D eigenvalue weighted by molar-refractivity contribution is -0.141. The number of rotatable bonds is 2. The Labute approximate surface area is 98.9 Å². The molecule has 0 aromatic carbocycles. The zero-order valence-electron chi connectivity index (χ0n) is 8.11. The summed E-state index contributed by atoms with van der Waals surface area (Å²) in [6.45, 7) is 0. The molecule has 2 unspecified atom stereocenters. The third-order valence-electron chi connectivity index (χ3n) is 1.88. The normalized spacial score (nSPS) is 15.1. The highest BCUT2D eigenvalue weighted by atomic mass is 35.5. The van der Waals surface area contributed by atoms with Crippen molar-refractivity contribution in [2.24, 2.45) is 0 Å². The first kappa shape index (κ1) is 13.7. The Morgan fingerprint density at radius 3 is 2.41 bits per heavy atom. The van der Waals surface area contributed by atoms with Crippen LogP contribution >= 0.6 is 11.6 Å². The molecule has 0 saturated carbocycles. The summed E-state index contributed by atoms with van der Waals surface area (Å²) in [4.78, 5) is 3.04. The Morgan fingerprint density at radius 2 is 1.94 bits per heavy atom. The van der Waals surface area contributed by atoms with Gasteiger partial charge in [0.1, 0.15) is 17.0 Å². The van der Waals surface area contributed by atoms with Gasteiger partial charge in [-0.1, -0.05) is 11.6 Å². The van der Waals surface area contributed by atoms with Crippen LogP contribution in [0, 0.1) is 11.3 Å². The topological polar surface area (TPSA) is 77.1 Å². The van der Waals surface area contributed by atoms with E-state index in [2.05, 4.69) is 4.98 Å². The van der Waals surface area contributed by atoms with Gasteiger partial charge >= 0.3 is 6.18 Å². The number of nitrogens with zero attached hydrogens (tertiary/aromatic N) is 2. The molecule has 0 spiro atoms. The number of nitriles is 1. The lowest BCUT2D eigenvalue weighted by Crippen LogP contribution is -2.17. The molecule has 1 heterocycles. The van der Waals surface area contributed by atoms with E-state index in [0.717, 1.165) is 6.07 Å². The van der Waals surface area contributed by atoms with Crippen LogP contribution in [-0.2, 0) is 6.18 Å². The quantitative estimate of drug-likeness (QED) is 0.630. The van der Waals surface area contributed by atoms with E-state index in [1.165, 1.54) is 6.07 Å². The second-order valence-electron chi connectivity index (χ2n) is 3.12. The molecule has 4 nitrogen and oxygen atoms in total. The van der Waals surface area contributed by atoms with E-state index in [1.807, 2.05) is 0 Å². The zero-order valence-corrected chi connectivity index (χ0v) is 8.87. The van der Waals surface area contributed by atoms with Gasteiger partial charge < -0.3 is 10.2 Å². The third-order valence-corrected chi connectivity index (χ3v) is 2.07. The van der Waals surface area contributed by atoms with E-state index in [9.17, 15) is 18.3 Å². The number of halogens is 4. The first-order valence-corrected chi connectivity index (χ1v) is 4.64. The summed E-state index contributed by atoms with van der Waals surface area (Å²) in [5, 5.41) is 26.2. The van der Waals surface area contributed by atoms with Crippen molar-refractivity contribution in [1.29, 1.82) is 5.26 Å². The Balaban J connectivity index is 3.19. The fourth-order valence-corrected chi connectivity index (χ4v) is 1.30. The van der Waals surface area contributed by atoms with E-state index < -0.39 is 29.2 Å². The van der Waals surface area contributed by atoms with Crippen molar-refractivity contribution < 1.29 is 23.4 Å². The molecule has 0 aliphatic heterocycles. The summed E-state index contributed by atoms with van der Waals surface area (Å²) in [5.74, 6) is 0. The van der Waals surface area contributed by atoms with Gasteiger partial charge in [-0.15, -0.1) is 0 Å². The number of aromatic nitrogens is 1. The molecule has 17 heavy (non-hydrogen) atoms. The summed E-state index contributed by atoms with van der Waals surface area (Å²) in [7, 11) is 0. The molecule has 0 radical (unpaired) electrons. The zero-order chi connectivity index (χ0) is 13.2. The van der Waals surface area contributed by atoms with Crippen molar-refractivity contribution in [3.8, 4) is 6.07 Å². The lowest BCUT2D eigenvalue weighted by atomic mass is 10.1. The van der Waals surface area contributed by atoms with Gasteiger partial charge in [0.05, 0.1) is 6.07 Å². The highest BCUT2D eigenvalue weighted by Gasteiger charge is 2.34. The molecule has 1 aromatic rings. The largest absolute Gasteiger partial charge is 0.433 e. The number of alkyl halides is 3. The van der Waals surface area contributed by atoms with Crippen molar-refractivity contribution >= 4 is 11.6 Å². The fourth-order valence-electron chi connectivity index (χ4n) is 1.09. The Morgan fingerprint density at radius 1 is 1.35 bits per heavy atom. The molecule has 0 aliphatic carbocycles. The van der Waals surface area contributed by atoms with Gasteiger partial charge in [0.25, 0.3) is 0 Å². The fraction of sp³-hybridized carbons (Fsp3) is 0.333. The molecular formula is C9H6ClF3N2O2. The summed E-state index contributed by atoms with van der Waals surface area (Å²) in [6, 6.07) is 2.77. The van der Waals surface area contributed by atoms with Crippen LogP contribution in [0.3, 0.4) is 0 Å². The third kappa shape index (κ3) is 3.30. The SMILES string of the molecule is N#CC(O)C(O)c1cc(Cl)nc(C(F)(F)F)c1. The Bertz CT molecular complexity index is 459. The molecule has 2 atom stereocenters. The molecule has 0 aliphatic rings. The number of hydrogen-bond donors (Lipinski definition) is 2. The van der Waals surface area contributed by atoms with Crippen LogP contribution in [-0.4, -0.2) is 21.3 Å². The highest BCUT2D eigenvalue weighted by molar-refractivity contribution is 6.29. The standard InChI is InChI=1S/C9H6ClF3N2O2/c10-7-2-4(8(17)5(16)3-14)1-6(15-7)9(11,12)13/h1-2,5,8,16-17H. The summed E-state index contributed by atoms with van der Waals surface area (Å²) in [5.41, 5.74) is -1.63. The molecule has 0 bridgehead atoms. The van der Waals surface area contributed by atoms with Crippen LogP contribution in [0.1, 0.15) is 17.4 Å². The van der Waals surface area contributed by atoms with E-state index in [1.54, 1.807) is 0 Å². The summed E-state index contributed by atoms with van der Waals surface area (Å²) < 4.78 is 37.1. The molecule has 0 fully saturated rings. The number of pyridine rings is 1. The molecular weight excluding hydrogens is 261 g/mol. The van der Waals surface area contributed by atoms with E-state index in [4.69, 9.17) is 22.0 Å². The average molecular weight is 267 g/mol. The maximum absolute atomic E-state index is 12.4. The Kier molecular flexibility index (Phi) is 3.93. The summed E-state index contributed by atoms with van der Waals surface area (Å²) in [6.07, 6.45) is -8.34. The first-order chi connectivity index (χ1) is 7.75. The number of hydrogen-bond acceptors (Lipinski definition) is 4. The van der Waals surface area contributed by atoms with Gasteiger partial charge in [-0.25, -0.2) is 4.98 Å². The van der Waals surface area contributed by atoms with E-state index >= 15 is 0 Å². The van der Waals surface area contributed by atoms with Gasteiger partial charge in [-0.3, -0.25) is 0 Å². The van der Waals surface area contributed by atoms with Gasteiger partial charge in [0.15, 0.2) is 6.10 Å². The van der Waals surface area contributed by atoms with Crippen LogP contribution in [0.4, 0.5) is 13.2 Å². The lowest BCUT2D eigenvalue weighted by Gasteiger charge is -2.14. The van der Waals surface area contributed by atoms with Crippen LogP contribution in [0.5, 0.6) is 0 Å². The molecule has 2 N–H and O–H groups in total. The predicted molar refractivity (Wildman–Crippen MR) is 50.8 cm³/mol. The van der Waals surface area contributed by atoms with Crippen LogP contribution in [0.15, 0.2) is 12.1 Å². The van der Waals surface area contributed by atoms with Gasteiger partial charge in [0.2, 0.25) is 0 Å². The van der Waals surface area contributed by atoms with Crippen LogP contribution in [0.2, 0.25) is 5.15 Å². The van der Waals surface area contributed by atoms with Gasteiger partial charge in [-0.05, 0) is 17.7 Å². The van der Waals surface area contributed by atoms with Crippen molar-refractivity contribution in [3.63, 3.8) is 0 Å². The molecule has 1 rings (SSSR count). The van der Waals surface area contributed by atoms with Crippen LogP contribution in [0.25, 0.3) is 0 Å². The monoisotopic (exact) mass is 266 g/mol. The van der Waals surface area contributed by atoms with Crippen molar-refractivity contribution in [2.75, 3.05) is 0 Å².